The number of nitrogens with zero attached hydrogens (tertiary/aromatic N) is 2. The van der Waals surface area contributed by atoms with Gasteiger partial charge in [-0.3, -0.25) is 9.59 Å². The molecule has 0 spiro atoms. The highest BCUT2D eigenvalue weighted by Crippen LogP contribution is 2.41. The van der Waals surface area contributed by atoms with Crippen molar-refractivity contribution in [3.05, 3.63) is 80.8 Å². The van der Waals surface area contributed by atoms with Gasteiger partial charge in [-0.05, 0) is 67.9 Å². The van der Waals surface area contributed by atoms with Gasteiger partial charge in [0.05, 0.1) is 6.04 Å². The van der Waals surface area contributed by atoms with Crippen LogP contribution in [-0.4, -0.2) is 34.3 Å². The molecule has 0 bridgehead atoms. The highest BCUT2D eigenvalue weighted by atomic mass is 32.1. The van der Waals surface area contributed by atoms with Crippen LogP contribution >= 0.6 is 11.3 Å². The lowest BCUT2D eigenvalue weighted by atomic mass is 9.87. The van der Waals surface area contributed by atoms with E-state index in [-0.39, 0.29) is 23.8 Å². The molecule has 1 aromatic heterocycles. The molecule has 2 amide bonds. The lowest BCUT2D eigenvalue weighted by Crippen LogP contribution is -2.41. The Morgan fingerprint density at radius 1 is 1.14 bits per heavy atom. The molecule has 0 radical (unpaired) electrons. The minimum absolute atomic E-state index is 0.104. The molecule has 2 aromatic carbocycles. The Hall–Kier alpha value is -3.19. The van der Waals surface area contributed by atoms with E-state index in [0.29, 0.717) is 18.3 Å². The maximum atomic E-state index is 13.2. The van der Waals surface area contributed by atoms with Crippen LogP contribution < -0.4 is 10.1 Å². The fraction of sp³-hybridized carbons (Fsp3) is 0.393. The summed E-state index contributed by atoms with van der Waals surface area (Å²) in [7, 11) is 0. The summed E-state index contributed by atoms with van der Waals surface area (Å²) < 4.78 is 6.12. The second-order valence-electron chi connectivity index (χ2n) is 9.90. The van der Waals surface area contributed by atoms with Crippen molar-refractivity contribution in [1.29, 1.82) is 0 Å². The number of fused-ring (bicyclic) bond motifs is 1. The number of rotatable bonds is 7. The molecular weight excluding hydrogens is 458 g/mol. The second kappa shape index (κ2) is 9.11. The molecule has 7 heteroatoms. The Balaban J connectivity index is 1.24. The Morgan fingerprint density at radius 3 is 2.77 bits per heavy atom. The molecular formula is C28H29N3O3S. The average Bonchev–Trinajstić information content (AvgIpc) is 3.80. The molecule has 0 unspecified atom stereocenters. The van der Waals surface area contributed by atoms with Gasteiger partial charge in [0.1, 0.15) is 23.1 Å². The molecule has 1 N–H and O–H groups in total. The van der Waals surface area contributed by atoms with Crippen LogP contribution in [0.1, 0.15) is 69.5 Å². The highest BCUT2D eigenvalue weighted by molar-refractivity contribution is 7.09. The summed E-state index contributed by atoms with van der Waals surface area (Å²) >= 11 is 1.44. The number of ether oxygens (including phenoxy) is 1. The fourth-order valence-corrected chi connectivity index (χ4v) is 5.48. The van der Waals surface area contributed by atoms with E-state index in [1.165, 1.54) is 22.5 Å². The average molecular weight is 488 g/mol. The van der Waals surface area contributed by atoms with Crippen molar-refractivity contribution < 1.29 is 14.3 Å². The van der Waals surface area contributed by atoms with E-state index in [4.69, 9.17) is 4.74 Å². The van der Waals surface area contributed by atoms with Crippen LogP contribution in [-0.2, 0) is 17.8 Å². The quantitative estimate of drug-likeness (QED) is 0.519. The number of amides is 2. The summed E-state index contributed by atoms with van der Waals surface area (Å²) in [6.45, 7) is 3.14. The first-order chi connectivity index (χ1) is 17.0. The van der Waals surface area contributed by atoms with Crippen LogP contribution in [0.15, 0.2) is 47.8 Å². The van der Waals surface area contributed by atoms with Gasteiger partial charge < -0.3 is 15.0 Å². The predicted molar refractivity (Wildman–Crippen MR) is 135 cm³/mol. The molecule has 35 heavy (non-hydrogen) atoms. The van der Waals surface area contributed by atoms with Crippen LogP contribution in [0, 0.1) is 12.8 Å². The number of thiazole rings is 1. The minimum atomic E-state index is -0.106. The van der Waals surface area contributed by atoms with Crippen molar-refractivity contribution in [3.63, 3.8) is 0 Å². The van der Waals surface area contributed by atoms with Crippen LogP contribution in [0.25, 0.3) is 0 Å². The molecule has 1 aliphatic heterocycles. The third kappa shape index (κ3) is 4.82. The number of hydrogen-bond donors (Lipinski definition) is 1. The largest absolute Gasteiger partial charge is 0.486 e. The number of aromatic nitrogens is 1. The van der Waals surface area contributed by atoms with Gasteiger partial charge in [0.2, 0.25) is 5.91 Å². The first-order valence-corrected chi connectivity index (χ1v) is 13.3. The molecule has 2 saturated carbocycles. The first-order valence-electron chi connectivity index (χ1n) is 12.4. The Morgan fingerprint density at radius 2 is 2.00 bits per heavy atom. The Bertz CT molecular complexity index is 1280. The predicted octanol–water partition coefficient (Wildman–Crippen LogP) is 4.81. The molecule has 3 aromatic rings. The summed E-state index contributed by atoms with van der Waals surface area (Å²) in [5.41, 5.74) is 5.18. The van der Waals surface area contributed by atoms with E-state index in [1.807, 2.05) is 6.07 Å². The molecule has 2 aliphatic carbocycles. The topological polar surface area (TPSA) is 71.5 Å². The molecule has 3 aliphatic rings. The van der Waals surface area contributed by atoms with Gasteiger partial charge in [-0.2, -0.15) is 0 Å². The number of hydrogen-bond acceptors (Lipinski definition) is 5. The van der Waals surface area contributed by atoms with Gasteiger partial charge in [-0.15, -0.1) is 11.3 Å². The first kappa shape index (κ1) is 22.3. The summed E-state index contributed by atoms with van der Waals surface area (Å²) in [5.74, 6) is 1.10. The van der Waals surface area contributed by atoms with Crippen molar-refractivity contribution in [3.8, 4) is 5.75 Å². The Kier molecular flexibility index (Phi) is 5.80. The number of nitrogens with one attached hydrogen (secondary N) is 1. The SMILES string of the molecule is Cc1cccc([C@H]2c3cc(OCc4nc(C(=O)NC5CC5)cs4)ccc3CCN2C(=O)C2CC2)c1. The normalized spacial score (nSPS) is 19.2. The second-order valence-corrected chi connectivity index (χ2v) is 10.8. The third-order valence-corrected chi connectivity index (χ3v) is 7.79. The summed E-state index contributed by atoms with van der Waals surface area (Å²) in [6, 6.07) is 14.9. The maximum Gasteiger partial charge on any atom is 0.270 e. The lowest BCUT2D eigenvalue weighted by Gasteiger charge is -2.38. The van der Waals surface area contributed by atoms with Crippen molar-refractivity contribution >= 4 is 23.2 Å². The minimum Gasteiger partial charge on any atom is -0.486 e. The van der Waals surface area contributed by atoms with Crippen LogP contribution in [0.3, 0.4) is 0 Å². The van der Waals surface area contributed by atoms with Crippen LogP contribution in [0.5, 0.6) is 5.75 Å². The molecule has 1 atom stereocenters. The van der Waals surface area contributed by atoms with E-state index in [1.54, 1.807) is 5.38 Å². The van der Waals surface area contributed by atoms with Gasteiger partial charge in [-0.1, -0.05) is 35.9 Å². The van der Waals surface area contributed by atoms with E-state index >= 15 is 0 Å². The number of carbonyl (C=O) groups is 2. The highest BCUT2D eigenvalue weighted by Gasteiger charge is 2.39. The van der Waals surface area contributed by atoms with Crippen molar-refractivity contribution in [2.75, 3.05) is 6.54 Å². The lowest BCUT2D eigenvalue weighted by molar-refractivity contribution is -0.134. The molecule has 0 saturated heterocycles. The van der Waals surface area contributed by atoms with E-state index < -0.39 is 0 Å². The molecule has 6 rings (SSSR count). The molecule has 2 fully saturated rings. The van der Waals surface area contributed by atoms with Crippen molar-refractivity contribution in [2.24, 2.45) is 5.92 Å². The Labute approximate surface area is 209 Å². The smallest absolute Gasteiger partial charge is 0.270 e. The number of aryl methyl sites for hydroxylation is 1. The summed E-state index contributed by atoms with van der Waals surface area (Å²) in [6.07, 6.45) is 4.96. The zero-order valence-electron chi connectivity index (χ0n) is 19.8. The third-order valence-electron chi connectivity index (χ3n) is 6.97. The van der Waals surface area contributed by atoms with Gasteiger partial charge in [0.15, 0.2) is 0 Å². The van der Waals surface area contributed by atoms with Crippen LogP contribution in [0.4, 0.5) is 0 Å². The van der Waals surface area contributed by atoms with Crippen LogP contribution in [0.2, 0.25) is 0 Å². The number of benzene rings is 2. The summed E-state index contributed by atoms with van der Waals surface area (Å²) in [5, 5.41) is 5.53. The van der Waals surface area contributed by atoms with E-state index in [2.05, 4.69) is 58.5 Å². The number of carbonyl (C=O) groups excluding carboxylic acids is 2. The van der Waals surface area contributed by atoms with Gasteiger partial charge in [-0.25, -0.2) is 4.98 Å². The van der Waals surface area contributed by atoms with Gasteiger partial charge >= 0.3 is 0 Å². The van der Waals surface area contributed by atoms with Gasteiger partial charge in [0, 0.05) is 23.9 Å². The zero-order valence-corrected chi connectivity index (χ0v) is 20.6. The van der Waals surface area contributed by atoms with Crippen molar-refractivity contribution in [2.45, 2.75) is 57.7 Å². The zero-order chi connectivity index (χ0) is 23.9. The monoisotopic (exact) mass is 487 g/mol. The fourth-order valence-electron chi connectivity index (χ4n) is 4.80. The maximum absolute atomic E-state index is 13.2. The summed E-state index contributed by atoms with van der Waals surface area (Å²) in [4.78, 5) is 32.0. The standard InChI is InChI=1S/C28H29N3O3S/c1-17-3-2-4-20(13-17)26-23-14-22(10-7-18(23)11-12-31(26)28(33)19-5-6-19)34-15-25-30-24(16-35-25)27(32)29-21-8-9-21/h2-4,7,10,13-14,16,19,21,26H,5-6,8-9,11-12,15H2,1H3,(H,29,32)/t26-/m0/s1. The molecule has 180 valence electrons. The van der Waals surface area contributed by atoms with E-state index in [0.717, 1.165) is 60.5 Å². The molecule has 2 heterocycles. The van der Waals surface area contributed by atoms with Crippen molar-refractivity contribution in [1.82, 2.24) is 15.2 Å². The van der Waals surface area contributed by atoms with E-state index in [9.17, 15) is 9.59 Å². The van der Waals surface area contributed by atoms with Gasteiger partial charge in [0.25, 0.3) is 5.91 Å². The molecule has 6 nitrogen and oxygen atoms in total.